The Morgan fingerprint density at radius 3 is 2.54 bits per heavy atom. The fourth-order valence-corrected chi connectivity index (χ4v) is 7.25. The normalized spacial score (nSPS) is 25.1. The van der Waals surface area contributed by atoms with E-state index in [4.69, 9.17) is 31.0 Å². The number of hydrogen-bond acceptors (Lipinski definition) is 14. The van der Waals surface area contributed by atoms with Gasteiger partial charge >= 0.3 is 16.4 Å². The maximum absolute atomic E-state index is 13.5. The number of fused-ring (bicyclic) bond motifs is 1. The topological polar surface area (TPSA) is 282 Å². The number of anilines is 1. The summed E-state index contributed by atoms with van der Waals surface area (Å²) in [5, 5.41) is 30.3. The van der Waals surface area contributed by atoms with Gasteiger partial charge in [-0.15, -0.1) is 15.6 Å². The molecule has 2 aliphatic heterocycles. The molecule has 2 amide bonds. The van der Waals surface area contributed by atoms with Crippen molar-refractivity contribution in [2.24, 2.45) is 22.2 Å². The van der Waals surface area contributed by atoms with Crippen molar-refractivity contribution in [2.45, 2.75) is 83.2 Å². The number of benzene rings is 1. The third kappa shape index (κ3) is 6.84. The molecule has 9 N–H and O–H groups in total. The standard InChI is InChI=1S/C30H40N8O10S2/c1-28(2)16(12-31)11-19(28)35-23(32)15-6-8-18-14(10-15)7-9-20(46-18)30(5,26(41)42)47-37-21(17-13-49-27(33)34-17)24(39)36-22-25(40)38(29(22,3)4)48-50(43,44)45/h6,8,10,13,16,19-20,22H,7,9,11-12,31H2,1-5H3,(H2,32,35)(H2,33,34)(H,36,39)(H,41,42)(H,43,44,45)/t16-,19-,20?,22?,30?/m1/s1. The second-order valence-electron chi connectivity index (χ2n) is 13.7. The Morgan fingerprint density at radius 2 is 1.98 bits per heavy atom. The zero-order chi connectivity index (χ0) is 37.0. The van der Waals surface area contributed by atoms with Crippen LogP contribution >= 0.6 is 11.3 Å². The summed E-state index contributed by atoms with van der Waals surface area (Å²) in [6.45, 7) is 8.82. The van der Waals surface area contributed by atoms with Crippen LogP contribution in [0, 0.1) is 16.7 Å². The van der Waals surface area contributed by atoms with Crippen LogP contribution in [0.15, 0.2) is 28.7 Å². The van der Waals surface area contributed by atoms with E-state index in [2.05, 4.69) is 38.9 Å². The molecule has 1 saturated heterocycles. The number of nitrogens with zero attached hydrogens (tertiary/aromatic N) is 3. The first-order valence-corrected chi connectivity index (χ1v) is 17.8. The van der Waals surface area contributed by atoms with Crippen molar-refractivity contribution < 1.29 is 46.3 Å². The number of carbonyl (C=O) groups excluding carboxylic acids is 2. The van der Waals surface area contributed by atoms with Gasteiger partial charge in [-0.2, -0.15) is 13.5 Å². The van der Waals surface area contributed by atoms with Gasteiger partial charge in [-0.25, -0.2) is 9.78 Å². The molecule has 2 fully saturated rings. The summed E-state index contributed by atoms with van der Waals surface area (Å²) in [7, 11) is -5.03. The van der Waals surface area contributed by atoms with E-state index in [1.807, 2.05) is 6.07 Å². The van der Waals surface area contributed by atoms with Gasteiger partial charge in [0.1, 0.15) is 23.3 Å². The highest BCUT2D eigenvalue weighted by atomic mass is 32.3. The summed E-state index contributed by atoms with van der Waals surface area (Å²) in [4.78, 5) is 48.4. The van der Waals surface area contributed by atoms with E-state index in [1.54, 1.807) is 12.1 Å². The van der Waals surface area contributed by atoms with Crippen molar-refractivity contribution >= 4 is 56.2 Å². The van der Waals surface area contributed by atoms with E-state index in [-0.39, 0.29) is 34.5 Å². The third-order valence-electron chi connectivity index (χ3n) is 9.83. The molecule has 18 nitrogen and oxygen atoms in total. The smallest absolute Gasteiger partial charge is 0.418 e. The van der Waals surface area contributed by atoms with Gasteiger partial charge in [-0.05, 0) is 81.7 Å². The minimum absolute atomic E-state index is 0.0466. The van der Waals surface area contributed by atoms with Crippen LogP contribution < -0.4 is 26.8 Å². The number of nitrogens with one attached hydrogen (secondary N) is 3. The van der Waals surface area contributed by atoms with Crippen LogP contribution in [0.4, 0.5) is 5.13 Å². The minimum atomic E-state index is -5.03. The summed E-state index contributed by atoms with van der Waals surface area (Å²) < 4.78 is 41.8. The molecule has 272 valence electrons. The van der Waals surface area contributed by atoms with Crippen LogP contribution in [0.3, 0.4) is 0 Å². The van der Waals surface area contributed by atoms with Gasteiger partial charge in [-0.3, -0.25) is 19.6 Å². The highest BCUT2D eigenvalue weighted by Crippen LogP contribution is 2.45. The number of hydrogen-bond donors (Lipinski definition) is 7. The van der Waals surface area contributed by atoms with Crippen LogP contribution in [0.5, 0.6) is 5.75 Å². The van der Waals surface area contributed by atoms with E-state index in [0.29, 0.717) is 35.3 Å². The fraction of sp³-hybridized carbons (Fsp3) is 0.533. The molecule has 1 saturated carbocycles. The van der Waals surface area contributed by atoms with Gasteiger partial charge in [0.2, 0.25) is 0 Å². The van der Waals surface area contributed by atoms with Gasteiger partial charge in [0.15, 0.2) is 16.9 Å². The number of carboxylic acid groups (broad SMARTS) is 1. The largest absolute Gasteiger partial charge is 0.485 e. The number of carbonyl (C=O) groups is 3. The molecule has 3 aliphatic rings. The zero-order valence-corrected chi connectivity index (χ0v) is 29.6. The highest BCUT2D eigenvalue weighted by molar-refractivity contribution is 7.80. The minimum Gasteiger partial charge on any atom is -0.485 e. The molecule has 0 bridgehead atoms. The Balaban J connectivity index is 1.32. The lowest BCUT2D eigenvalue weighted by Crippen LogP contribution is -2.76. The number of thiazole rings is 1. The van der Waals surface area contributed by atoms with E-state index in [1.165, 1.54) is 26.2 Å². The van der Waals surface area contributed by atoms with Gasteiger partial charge < -0.3 is 36.8 Å². The molecule has 3 heterocycles. The number of ether oxygens (including phenoxy) is 1. The quantitative estimate of drug-likeness (QED) is 0.0522. The molecular formula is C30H40N8O10S2. The Hall–Kier alpha value is -4.37. The Kier molecular flexibility index (Phi) is 9.64. The van der Waals surface area contributed by atoms with Crippen molar-refractivity contribution in [1.29, 1.82) is 5.41 Å². The number of amidine groups is 1. The van der Waals surface area contributed by atoms with E-state index in [9.17, 15) is 27.9 Å². The van der Waals surface area contributed by atoms with Crippen LogP contribution in [0.1, 0.15) is 64.3 Å². The van der Waals surface area contributed by atoms with Gasteiger partial charge in [0, 0.05) is 17.0 Å². The third-order valence-corrected chi connectivity index (χ3v) is 10.8. The predicted octanol–water partition coefficient (Wildman–Crippen LogP) is 0.811. The number of nitrogen functional groups attached to an aromatic ring is 1. The molecule has 1 aromatic carbocycles. The summed E-state index contributed by atoms with van der Waals surface area (Å²) >= 11 is 0.962. The van der Waals surface area contributed by atoms with E-state index >= 15 is 0 Å². The van der Waals surface area contributed by atoms with E-state index in [0.717, 1.165) is 23.3 Å². The Bertz CT molecular complexity index is 1860. The van der Waals surface area contributed by atoms with Crippen LogP contribution in [-0.2, 0) is 40.3 Å². The van der Waals surface area contributed by atoms with Crippen LogP contribution in [0.2, 0.25) is 0 Å². The predicted molar refractivity (Wildman–Crippen MR) is 180 cm³/mol. The lowest BCUT2D eigenvalue weighted by Gasteiger charge is -2.52. The first kappa shape index (κ1) is 36.9. The molecule has 2 aromatic rings. The second-order valence-corrected chi connectivity index (χ2v) is 15.6. The lowest BCUT2D eigenvalue weighted by atomic mass is 9.58. The monoisotopic (exact) mass is 736 g/mol. The number of oxime groups is 1. The van der Waals surface area contributed by atoms with Gasteiger partial charge in [-0.1, -0.05) is 19.0 Å². The number of nitrogens with two attached hydrogens (primary N) is 2. The number of amides is 2. The zero-order valence-electron chi connectivity index (χ0n) is 27.9. The van der Waals surface area contributed by atoms with Crippen molar-refractivity contribution in [3.8, 4) is 5.75 Å². The Morgan fingerprint density at radius 1 is 1.28 bits per heavy atom. The number of carboxylic acids is 1. The molecule has 1 aliphatic carbocycles. The molecule has 5 atom stereocenters. The molecule has 0 spiro atoms. The van der Waals surface area contributed by atoms with Gasteiger partial charge in [0.05, 0.1) is 5.54 Å². The summed E-state index contributed by atoms with van der Waals surface area (Å²) in [5.41, 5.74) is 8.83. The maximum atomic E-state index is 13.5. The van der Waals surface area contributed by atoms with Crippen molar-refractivity contribution in [3.63, 3.8) is 0 Å². The molecule has 50 heavy (non-hydrogen) atoms. The first-order valence-electron chi connectivity index (χ1n) is 15.6. The number of rotatable bonds is 12. The molecular weight excluding hydrogens is 697 g/mol. The number of aromatic nitrogens is 1. The highest BCUT2D eigenvalue weighted by Gasteiger charge is 2.58. The number of β-lactam (4-membered cyclic amide) rings is 1. The van der Waals surface area contributed by atoms with Crippen molar-refractivity contribution in [3.05, 3.63) is 40.4 Å². The molecule has 3 unspecified atom stereocenters. The lowest BCUT2D eigenvalue weighted by molar-refractivity contribution is -0.218. The van der Waals surface area contributed by atoms with Crippen molar-refractivity contribution in [2.75, 3.05) is 12.3 Å². The number of aliphatic carboxylic acids is 1. The molecule has 1 aromatic heterocycles. The van der Waals surface area contributed by atoms with Crippen molar-refractivity contribution in [1.82, 2.24) is 20.7 Å². The SMILES string of the molecule is CC(ON=C(C(=O)NC1C(=O)N(OS(=O)(=O)O)C1(C)C)c1csc(N)n1)(C(=O)O)C1CCc2cc(C(=N)N[C@@H]3C[C@H](CN)C3(C)C)ccc2O1. The summed E-state index contributed by atoms with van der Waals surface area (Å²) in [5.74, 6) is -2.42. The van der Waals surface area contributed by atoms with Crippen LogP contribution in [-0.4, -0.2) is 93.3 Å². The molecule has 5 rings (SSSR count). The average Bonchev–Trinajstić information content (AvgIpc) is 3.48. The average molecular weight is 737 g/mol. The molecule has 0 radical (unpaired) electrons. The number of aryl methyl sites for hydroxylation is 1. The summed E-state index contributed by atoms with van der Waals surface area (Å²) in [6.07, 6.45) is 0.367. The first-order chi connectivity index (χ1) is 23.2. The molecule has 20 heteroatoms. The maximum Gasteiger partial charge on any atom is 0.418 e. The summed E-state index contributed by atoms with van der Waals surface area (Å²) in [6, 6.07) is 3.96. The Labute approximate surface area is 291 Å². The number of hydroxylamine groups is 2. The fourth-order valence-electron chi connectivity index (χ4n) is 6.25. The van der Waals surface area contributed by atoms with E-state index < -0.39 is 57.2 Å². The second kappa shape index (κ2) is 13.1. The van der Waals surface area contributed by atoms with Gasteiger partial charge in [0.25, 0.3) is 17.4 Å². The van der Waals surface area contributed by atoms with Crippen LogP contribution in [0.25, 0.3) is 0 Å².